The van der Waals surface area contributed by atoms with Crippen LogP contribution in [0.15, 0.2) is 48.1 Å². The predicted molar refractivity (Wildman–Crippen MR) is 57.8 cm³/mol. The van der Waals surface area contributed by atoms with Crippen LogP contribution < -0.4 is 0 Å². The fourth-order valence-electron chi connectivity index (χ4n) is 1.71. The number of carbonyl (C=O) groups excluding carboxylic acids is 1. The monoisotopic (exact) mass is 184 g/mol. The average Bonchev–Trinajstić information content (AvgIpc) is 2.30. The van der Waals surface area contributed by atoms with E-state index < -0.39 is 0 Å². The van der Waals surface area contributed by atoms with Crippen LogP contribution in [0.3, 0.4) is 0 Å². The number of hydrogen-bond donors (Lipinski definition) is 0. The van der Waals surface area contributed by atoms with Gasteiger partial charge < -0.3 is 0 Å². The van der Waals surface area contributed by atoms with Gasteiger partial charge in [-0.15, -0.1) is 0 Å². The topological polar surface area (TPSA) is 17.1 Å². The molecule has 0 heterocycles. The van der Waals surface area contributed by atoms with Crippen LogP contribution in [0.25, 0.3) is 5.57 Å². The Morgan fingerprint density at radius 1 is 1.00 bits per heavy atom. The molecule has 0 aliphatic heterocycles. The Bertz CT molecular complexity index is 385. The van der Waals surface area contributed by atoms with E-state index in [4.69, 9.17) is 0 Å². The molecule has 1 aromatic carbocycles. The normalized spacial score (nSPS) is 15.7. The molecule has 70 valence electrons. The lowest BCUT2D eigenvalue weighted by atomic mass is 9.93. The van der Waals surface area contributed by atoms with Crippen LogP contribution in [0.4, 0.5) is 0 Å². The fourth-order valence-corrected chi connectivity index (χ4v) is 1.71. The fraction of sp³-hybridized carbons (Fsp3) is 0.154. The first kappa shape index (κ1) is 8.95. The van der Waals surface area contributed by atoms with E-state index in [0.29, 0.717) is 0 Å². The quantitative estimate of drug-likeness (QED) is 0.646. The van der Waals surface area contributed by atoms with Crippen molar-refractivity contribution in [2.24, 2.45) is 0 Å². The van der Waals surface area contributed by atoms with Crippen molar-refractivity contribution in [1.82, 2.24) is 0 Å². The van der Waals surface area contributed by atoms with Gasteiger partial charge in [-0.05, 0) is 24.0 Å². The minimum atomic E-state index is 0.822. The highest BCUT2D eigenvalue weighted by Gasteiger charge is 2.09. The van der Waals surface area contributed by atoms with E-state index >= 15 is 0 Å². The summed E-state index contributed by atoms with van der Waals surface area (Å²) in [7, 11) is 0. The second-order valence-electron chi connectivity index (χ2n) is 3.34. The van der Waals surface area contributed by atoms with Crippen molar-refractivity contribution in [3.63, 3.8) is 0 Å². The number of carbonyl (C=O) groups is 1. The van der Waals surface area contributed by atoms with Crippen molar-refractivity contribution in [2.75, 3.05) is 0 Å². The van der Waals surface area contributed by atoms with E-state index in [9.17, 15) is 4.79 Å². The molecule has 0 aromatic heterocycles. The van der Waals surface area contributed by atoms with Gasteiger partial charge in [0.15, 0.2) is 0 Å². The highest BCUT2D eigenvalue weighted by Crippen LogP contribution is 2.26. The van der Waals surface area contributed by atoms with Gasteiger partial charge >= 0.3 is 0 Å². The molecular formula is C13H12O. The molecule has 1 heteroatoms. The van der Waals surface area contributed by atoms with Gasteiger partial charge in [0.2, 0.25) is 0 Å². The molecule has 0 saturated heterocycles. The van der Waals surface area contributed by atoms with Gasteiger partial charge in [-0.2, -0.15) is 0 Å². The van der Waals surface area contributed by atoms with Crippen molar-refractivity contribution in [1.29, 1.82) is 0 Å². The third-order valence-electron chi connectivity index (χ3n) is 2.40. The molecule has 0 unspecified atom stereocenters. The van der Waals surface area contributed by atoms with Gasteiger partial charge in [0.1, 0.15) is 6.29 Å². The molecule has 0 spiro atoms. The van der Waals surface area contributed by atoms with Crippen molar-refractivity contribution >= 4 is 11.9 Å². The summed E-state index contributed by atoms with van der Waals surface area (Å²) >= 11 is 0. The van der Waals surface area contributed by atoms with Crippen LogP contribution in [-0.4, -0.2) is 6.29 Å². The Kier molecular flexibility index (Phi) is 2.59. The number of aldehydes is 1. The lowest BCUT2D eigenvalue weighted by Gasteiger charge is -2.11. The second-order valence-corrected chi connectivity index (χ2v) is 3.34. The summed E-state index contributed by atoms with van der Waals surface area (Å²) in [6, 6.07) is 10.0. The molecular weight excluding hydrogens is 172 g/mol. The standard InChI is InChI=1S/C13H12O/c14-10-12-8-4-5-9-13(12)11-6-2-1-3-7-11/h1-3,6-10H,4-5H2. The smallest absolute Gasteiger partial charge is 0.150 e. The van der Waals surface area contributed by atoms with E-state index in [-0.39, 0.29) is 0 Å². The summed E-state index contributed by atoms with van der Waals surface area (Å²) in [4.78, 5) is 10.8. The Balaban J connectivity index is 2.39. The molecule has 1 aliphatic carbocycles. The minimum absolute atomic E-state index is 0.822. The molecule has 1 aromatic rings. The van der Waals surface area contributed by atoms with Gasteiger partial charge in [0.25, 0.3) is 0 Å². The molecule has 0 saturated carbocycles. The lowest BCUT2D eigenvalue weighted by Crippen LogP contribution is -1.95. The second kappa shape index (κ2) is 4.05. The third-order valence-corrected chi connectivity index (χ3v) is 2.40. The predicted octanol–water partition coefficient (Wildman–Crippen LogP) is 2.99. The van der Waals surface area contributed by atoms with Crippen LogP contribution in [0, 0.1) is 0 Å². The molecule has 0 bridgehead atoms. The average molecular weight is 184 g/mol. The van der Waals surface area contributed by atoms with Crippen molar-refractivity contribution < 1.29 is 4.79 Å². The summed E-state index contributed by atoms with van der Waals surface area (Å²) in [6.07, 6.45) is 7.10. The molecule has 0 N–H and O–H groups in total. The van der Waals surface area contributed by atoms with Gasteiger partial charge in [0, 0.05) is 5.57 Å². The SMILES string of the molecule is O=CC1=CCCC=C1c1ccccc1. The maximum absolute atomic E-state index is 10.8. The van der Waals surface area contributed by atoms with Crippen molar-refractivity contribution in [2.45, 2.75) is 12.8 Å². The zero-order chi connectivity index (χ0) is 9.80. The van der Waals surface area contributed by atoms with Crippen LogP contribution in [0.5, 0.6) is 0 Å². The van der Waals surface area contributed by atoms with Gasteiger partial charge in [-0.3, -0.25) is 4.79 Å². The molecule has 14 heavy (non-hydrogen) atoms. The zero-order valence-corrected chi connectivity index (χ0v) is 7.94. The molecule has 0 amide bonds. The van der Waals surface area contributed by atoms with Crippen LogP contribution in [-0.2, 0) is 4.79 Å². The van der Waals surface area contributed by atoms with Gasteiger partial charge in [0.05, 0.1) is 0 Å². The van der Waals surface area contributed by atoms with Gasteiger partial charge in [-0.1, -0.05) is 42.5 Å². The Morgan fingerprint density at radius 2 is 1.71 bits per heavy atom. The maximum atomic E-state index is 10.8. The summed E-state index contributed by atoms with van der Waals surface area (Å²) in [5, 5.41) is 0. The summed E-state index contributed by atoms with van der Waals surface area (Å²) in [5.41, 5.74) is 3.03. The molecule has 0 atom stereocenters. The first-order valence-electron chi connectivity index (χ1n) is 4.83. The first-order valence-corrected chi connectivity index (χ1v) is 4.83. The molecule has 0 fully saturated rings. The Labute approximate surface area is 83.8 Å². The summed E-state index contributed by atoms with van der Waals surface area (Å²) in [5.74, 6) is 0. The zero-order valence-electron chi connectivity index (χ0n) is 7.94. The third kappa shape index (κ3) is 1.67. The largest absolute Gasteiger partial charge is 0.298 e. The van der Waals surface area contributed by atoms with Gasteiger partial charge in [-0.25, -0.2) is 0 Å². The van der Waals surface area contributed by atoms with Crippen LogP contribution in [0.1, 0.15) is 18.4 Å². The van der Waals surface area contributed by atoms with E-state index in [1.54, 1.807) is 0 Å². The van der Waals surface area contributed by atoms with Crippen molar-refractivity contribution in [3.8, 4) is 0 Å². The molecule has 2 rings (SSSR count). The highest BCUT2D eigenvalue weighted by atomic mass is 16.1. The summed E-state index contributed by atoms with van der Waals surface area (Å²) in [6.45, 7) is 0. The number of hydrogen-bond acceptors (Lipinski definition) is 1. The van der Waals surface area contributed by atoms with Crippen molar-refractivity contribution in [3.05, 3.63) is 53.6 Å². The molecule has 1 aliphatic rings. The lowest BCUT2D eigenvalue weighted by molar-refractivity contribution is -0.104. The number of benzene rings is 1. The van der Waals surface area contributed by atoms with E-state index in [1.807, 2.05) is 36.4 Å². The first-order chi connectivity index (χ1) is 6.92. The highest BCUT2D eigenvalue weighted by molar-refractivity contribution is 5.99. The molecule has 1 nitrogen and oxygen atoms in total. The number of rotatable bonds is 2. The van der Waals surface area contributed by atoms with E-state index in [1.165, 1.54) is 0 Å². The summed E-state index contributed by atoms with van der Waals surface area (Å²) < 4.78 is 0. The van der Waals surface area contributed by atoms with E-state index in [2.05, 4.69) is 6.08 Å². The van der Waals surface area contributed by atoms with Crippen LogP contribution in [0.2, 0.25) is 0 Å². The maximum Gasteiger partial charge on any atom is 0.150 e. The number of allylic oxidation sites excluding steroid dienone is 4. The van der Waals surface area contributed by atoms with E-state index in [0.717, 1.165) is 35.8 Å². The molecule has 0 radical (unpaired) electrons. The van der Waals surface area contributed by atoms with Crippen LogP contribution >= 0.6 is 0 Å². The Morgan fingerprint density at radius 3 is 2.43 bits per heavy atom. The Hall–Kier alpha value is -1.63. The minimum Gasteiger partial charge on any atom is -0.298 e.